The van der Waals surface area contributed by atoms with Crippen LogP contribution in [0.4, 0.5) is 0 Å². The molecule has 0 N–H and O–H groups in total. The van der Waals surface area contributed by atoms with Crippen LogP contribution >= 0.6 is 27.5 Å². The summed E-state index contributed by atoms with van der Waals surface area (Å²) in [6.07, 6.45) is 0. The molecule has 4 nitrogen and oxygen atoms in total. The van der Waals surface area contributed by atoms with Crippen molar-refractivity contribution >= 4 is 37.6 Å². The lowest BCUT2D eigenvalue weighted by Crippen LogP contribution is -2.43. The van der Waals surface area contributed by atoms with E-state index in [0.717, 1.165) is 0 Å². The summed E-state index contributed by atoms with van der Waals surface area (Å²) in [6, 6.07) is 4.56. The van der Waals surface area contributed by atoms with Crippen LogP contribution in [0.25, 0.3) is 0 Å². The Morgan fingerprint density at radius 2 is 1.95 bits per heavy atom. The fraction of sp³-hybridized carbons (Fsp3) is 0.538. The third-order valence-electron chi connectivity index (χ3n) is 2.93. The van der Waals surface area contributed by atoms with Gasteiger partial charge in [-0.05, 0) is 55.1 Å². The van der Waals surface area contributed by atoms with Gasteiger partial charge in [0.2, 0.25) is 10.0 Å². The molecule has 0 spiro atoms. The monoisotopic (exact) mass is 382 g/mol. The average Bonchev–Trinajstić information content (AvgIpc) is 2.31. The standard InChI is InChI=1S/C13H20BrClN2O2S/c1-5-17(10(2)9-16(3)4)20(18,19)11-6-7-13(15)12(14)8-11/h6-8,10H,5,9H2,1-4H3. The van der Waals surface area contributed by atoms with Crippen molar-refractivity contribution in [2.24, 2.45) is 0 Å². The van der Waals surface area contributed by atoms with Gasteiger partial charge in [-0.15, -0.1) is 0 Å². The van der Waals surface area contributed by atoms with Crippen molar-refractivity contribution < 1.29 is 8.42 Å². The molecule has 114 valence electrons. The topological polar surface area (TPSA) is 40.6 Å². The van der Waals surface area contributed by atoms with Gasteiger partial charge in [0.25, 0.3) is 0 Å². The Morgan fingerprint density at radius 3 is 2.40 bits per heavy atom. The Hall–Kier alpha value is -0.140. The Labute approximate surface area is 134 Å². The maximum Gasteiger partial charge on any atom is 0.243 e. The summed E-state index contributed by atoms with van der Waals surface area (Å²) in [4.78, 5) is 2.22. The van der Waals surface area contributed by atoms with Crippen molar-refractivity contribution in [3.63, 3.8) is 0 Å². The molecule has 1 atom stereocenters. The van der Waals surface area contributed by atoms with Crippen LogP contribution in [0.3, 0.4) is 0 Å². The van der Waals surface area contributed by atoms with E-state index in [4.69, 9.17) is 11.6 Å². The first-order chi connectivity index (χ1) is 9.20. The number of halogens is 2. The number of likely N-dealkylation sites (N-methyl/N-ethyl adjacent to an activating group) is 2. The summed E-state index contributed by atoms with van der Waals surface area (Å²) in [6.45, 7) is 4.85. The Kier molecular flexibility index (Phi) is 6.47. The molecule has 1 aromatic carbocycles. The van der Waals surface area contributed by atoms with Gasteiger partial charge in [-0.3, -0.25) is 0 Å². The number of rotatable bonds is 6. The molecular weight excluding hydrogens is 364 g/mol. The second-order valence-corrected chi connectivity index (χ2v) is 8.05. The molecule has 0 bridgehead atoms. The predicted molar refractivity (Wildman–Crippen MR) is 86.7 cm³/mol. The highest BCUT2D eigenvalue weighted by Crippen LogP contribution is 2.27. The van der Waals surface area contributed by atoms with Gasteiger partial charge in [-0.2, -0.15) is 4.31 Å². The number of hydrogen-bond donors (Lipinski definition) is 0. The van der Waals surface area contributed by atoms with Gasteiger partial charge in [0, 0.05) is 23.6 Å². The first kappa shape index (κ1) is 17.9. The van der Waals surface area contributed by atoms with Crippen LogP contribution in [-0.2, 0) is 10.0 Å². The SMILES string of the molecule is CCN(C(C)CN(C)C)S(=O)(=O)c1ccc(Cl)c(Br)c1. The molecular formula is C13H20BrClN2O2S. The van der Waals surface area contributed by atoms with Gasteiger partial charge >= 0.3 is 0 Å². The summed E-state index contributed by atoms with van der Waals surface area (Å²) in [5.41, 5.74) is 0. The van der Waals surface area contributed by atoms with Crippen molar-refractivity contribution in [2.45, 2.75) is 24.8 Å². The van der Waals surface area contributed by atoms with Crippen LogP contribution in [0.15, 0.2) is 27.6 Å². The molecule has 0 aromatic heterocycles. The molecule has 7 heteroatoms. The summed E-state index contributed by atoms with van der Waals surface area (Å²) in [5.74, 6) is 0. The van der Waals surface area contributed by atoms with Crippen molar-refractivity contribution in [2.75, 3.05) is 27.2 Å². The van der Waals surface area contributed by atoms with Crippen LogP contribution in [0, 0.1) is 0 Å². The van der Waals surface area contributed by atoms with Crippen molar-refractivity contribution in [1.29, 1.82) is 0 Å². The first-order valence-corrected chi connectivity index (χ1v) is 8.92. The summed E-state index contributed by atoms with van der Waals surface area (Å²) >= 11 is 9.18. The van der Waals surface area contributed by atoms with Crippen LogP contribution < -0.4 is 0 Å². The van der Waals surface area contributed by atoms with E-state index < -0.39 is 10.0 Å². The van der Waals surface area contributed by atoms with E-state index in [9.17, 15) is 8.42 Å². The van der Waals surface area contributed by atoms with E-state index >= 15 is 0 Å². The van der Waals surface area contributed by atoms with E-state index in [-0.39, 0.29) is 10.9 Å². The van der Waals surface area contributed by atoms with Crippen molar-refractivity contribution in [3.05, 3.63) is 27.7 Å². The van der Waals surface area contributed by atoms with Crippen LogP contribution in [-0.4, -0.2) is 50.8 Å². The van der Waals surface area contributed by atoms with Crippen molar-refractivity contribution in [1.82, 2.24) is 9.21 Å². The predicted octanol–water partition coefficient (Wildman–Crippen LogP) is 3.06. The van der Waals surface area contributed by atoms with Gasteiger partial charge in [0.05, 0.1) is 9.92 Å². The van der Waals surface area contributed by atoms with E-state index in [1.54, 1.807) is 12.1 Å². The van der Waals surface area contributed by atoms with Gasteiger partial charge < -0.3 is 4.90 Å². The molecule has 0 aliphatic carbocycles. The minimum atomic E-state index is -3.52. The molecule has 0 saturated carbocycles. The molecule has 1 rings (SSSR count). The minimum Gasteiger partial charge on any atom is -0.308 e. The Balaban J connectivity index is 3.14. The second kappa shape index (κ2) is 7.22. The van der Waals surface area contributed by atoms with Crippen LogP contribution in [0.2, 0.25) is 5.02 Å². The van der Waals surface area contributed by atoms with Crippen LogP contribution in [0.5, 0.6) is 0 Å². The molecule has 0 amide bonds. The highest BCUT2D eigenvalue weighted by Gasteiger charge is 2.28. The molecule has 0 aliphatic rings. The summed E-state index contributed by atoms with van der Waals surface area (Å²) in [5, 5.41) is 0.494. The van der Waals surface area contributed by atoms with Crippen molar-refractivity contribution in [3.8, 4) is 0 Å². The Morgan fingerprint density at radius 1 is 1.35 bits per heavy atom. The van der Waals surface area contributed by atoms with E-state index in [0.29, 0.717) is 22.6 Å². The highest BCUT2D eigenvalue weighted by molar-refractivity contribution is 9.10. The normalized spacial score (nSPS) is 14.0. The van der Waals surface area contributed by atoms with E-state index in [1.165, 1.54) is 10.4 Å². The number of nitrogens with zero attached hydrogens (tertiary/aromatic N) is 2. The van der Waals surface area contributed by atoms with Gasteiger partial charge in [0.1, 0.15) is 0 Å². The fourth-order valence-corrected chi connectivity index (χ4v) is 4.42. The maximum atomic E-state index is 12.7. The van der Waals surface area contributed by atoms with Gasteiger partial charge in [-0.1, -0.05) is 18.5 Å². The van der Waals surface area contributed by atoms with E-state index in [1.807, 2.05) is 32.8 Å². The van der Waals surface area contributed by atoms with Crippen LogP contribution in [0.1, 0.15) is 13.8 Å². The lowest BCUT2D eigenvalue weighted by molar-refractivity contribution is 0.271. The minimum absolute atomic E-state index is 0.102. The first-order valence-electron chi connectivity index (χ1n) is 6.31. The molecule has 0 radical (unpaired) electrons. The molecule has 0 fully saturated rings. The smallest absolute Gasteiger partial charge is 0.243 e. The third kappa shape index (κ3) is 4.18. The molecule has 1 unspecified atom stereocenters. The highest BCUT2D eigenvalue weighted by atomic mass is 79.9. The zero-order valence-corrected chi connectivity index (χ0v) is 15.3. The number of sulfonamides is 1. The average molecular weight is 384 g/mol. The Bertz CT molecular complexity index is 563. The second-order valence-electron chi connectivity index (χ2n) is 4.90. The third-order valence-corrected chi connectivity index (χ3v) is 6.23. The largest absolute Gasteiger partial charge is 0.308 e. The lowest BCUT2D eigenvalue weighted by Gasteiger charge is -2.29. The zero-order valence-electron chi connectivity index (χ0n) is 12.1. The maximum absolute atomic E-state index is 12.7. The quantitative estimate of drug-likeness (QED) is 0.758. The zero-order chi connectivity index (χ0) is 15.5. The van der Waals surface area contributed by atoms with E-state index in [2.05, 4.69) is 15.9 Å². The summed E-state index contributed by atoms with van der Waals surface area (Å²) in [7, 11) is 0.336. The number of benzene rings is 1. The molecule has 0 heterocycles. The van der Waals surface area contributed by atoms with Gasteiger partial charge in [-0.25, -0.2) is 8.42 Å². The number of hydrogen-bond acceptors (Lipinski definition) is 3. The molecule has 0 saturated heterocycles. The van der Waals surface area contributed by atoms with Gasteiger partial charge in [0.15, 0.2) is 0 Å². The molecule has 20 heavy (non-hydrogen) atoms. The fourth-order valence-electron chi connectivity index (χ4n) is 2.11. The summed E-state index contributed by atoms with van der Waals surface area (Å²) < 4.78 is 27.5. The lowest BCUT2D eigenvalue weighted by atomic mass is 10.3. The molecule has 1 aromatic rings. The molecule has 0 aliphatic heterocycles.